The van der Waals surface area contributed by atoms with Gasteiger partial charge in [0.05, 0.1) is 16.0 Å². The molecule has 0 N–H and O–H groups in total. The summed E-state index contributed by atoms with van der Waals surface area (Å²) in [5.74, 6) is 0. The number of alkyl halides is 6. The molecule has 0 aliphatic carbocycles. The van der Waals surface area contributed by atoms with Gasteiger partial charge in [0, 0.05) is 14.3 Å². The summed E-state index contributed by atoms with van der Waals surface area (Å²) < 4.78 is 96.5. The third-order valence-electron chi connectivity index (χ3n) is 1.93. The fourth-order valence-corrected chi connectivity index (χ4v) is 3.43. The molecular formula is C8H2ClF6IO2S. The van der Waals surface area contributed by atoms with E-state index in [-0.39, 0.29) is 12.1 Å². The molecule has 0 saturated heterocycles. The highest BCUT2D eigenvalue weighted by Crippen LogP contribution is 2.42. The molecule has 0 aliphatic heterocycles. The molecule has 0 spiro atoms. The Morgan fingerprint density at radius 3 is 1.79 bits per heavy atom. The van der Waals surface area contributed by atoms with Gasteiger partial charge < -0.3 is 0 Å². The third-order valence-corrected chi connectivity index (χ3v) is 4.12. The number of hydrogen-bond donors (Lipinski definition) is 0. The van der Waals surface area contributed by atoms with Crippen molar-refractivity contribution in [2.24, 2.45) is 0 Å². The van der Waals surface area contributed by atoms with Crippen molar-refractivity contribution in [2.75, 3.05) is 0 Å². The molecule has 0 atom stereocenters. The Hall–Kier alpha value is -0.230. The molecule has 0 saturated carbocycles. The van der Waals surface area contributed by atoms with E-state index in [1.807, 2.05) is 0 Å². The zero-order valence-corrected chi connectivity index (χ0v) is 12.1. The summed E-state index contributed by atoms with van der Waals surface area (Å²) in [6.07, 6.45) is -10.1. The van der Waals surface area contributed by atoms with Crippen molar-refractivity contribution >= 4 is 42.3 Å². The van der Waals surface area contributed by atoms with Crippen LogP contribution >= 0.6 is 33.3 Å². The van der Waals surface area contributed by atoms with Crippen molar-refractivity contribution < 1.29 is 34.8 Å². The van der Waals surface area contributed by atoms with Gasteiger partial charge in [0.2, 0.25) is 0 Å². The molecule has 0 heterocycles. The Bertz CT molecular complexity index is 607. The normalized spacial score (nSPS) is 13.7. The highest BCUT2D eigenvalue weighted by atomic mass is 127. The SMILES string of the molecule is O=S(=O)(Cl)c1cc(C(F)(F)F)cc(I)c1C(F)(F)F. The second-order valence-corrected chi connectivity index (χ2v) is 6.96. The van der Waals surface area contributed by atoms with Gasteiger partial charge in [-0.15, -0.1) is 0 Å². The first-order chi connectivity index (χ1) is 8.24. The van der Waals surface area contributed by atoms with Crippen molar-refractivity contribution in [3.8, 4) is 0 Å². The first-order valence-electron chi connectivity index (χ1n) is 4.17. The van der Waals surface area contributed by atoms with Gasteiger partial charge in [-0.1, -0.05) is 0 Å². The highest BCUT2D eigenvalue weighted by molar-refractivity contribution is 14.1. The monoisotopic (exact) mass is 438 g/mol. The number of benzene rings is 1. The third kappa shape index (κ3) is 3.88. The van der Waals surface area contributed by atoms with E-state index < -0.39 is 41.0 Å². The van der Waals surface area contributed by atoms with Crippen molar-refractivity contribution in [3.05, 3.63) is 26.8 Å². The van der Waals surface area contributed by atoms with Crippen LogP contribution in [0.25, 0.3) is 0 Å². The van der Waals surface area contributed by atoms with Crippen LogP contribution in [-0.2, 0) is 21.4 Å². The maximum absolute atomic E-state index is 12.7. The van der Waals surface area contributed by atoms with Gasteiger partial charge in [0.25, 0.3) is 9.05 Å². The van der Waals surface area contributed by atoms with Gasteiger partial charge in [-0.25, -0.2) is 8.42 Å². The summed E-state index contributed by atoms with van der Waals surface area (Å²) in [5.41, 5.74) is -3.24. The minimum absolute atomic E-state index is 0.132. The summed E-state index contributed by atoms with van der Waals surface area (Å²) in [6.45, 7) is 0. The summed E-state index contributed by atoms with van der Waals surface area (Å²) >= 11 is 0.974. The molecule has 0 radical (unpaired) electrons. The standard InChI is InChI=1S/C8H2ClF6IO2S/c9-19(17,18)5-2-3(7(10,11)12)1-4(16)6(5)8(13,14)15/h1-2H. The van der Waals surface area contributed by atoms with Crippen molar-refractivity contribution in [1.82, 2.24) is 0 Å². The lowest BCUT2D eigenvalue weighted by atomic mass is 10.1. The number of rotatable bonds is 1. The van der Waals surface area contributed by atoms with Crippen LogP contribution in [0.3, 0.4) is 0 Å². The molecule has 0 aromatic heterocycles. The first-order valence-corrected chi connectivity index (χ1v) is 7.56. The van der Waals surface area contributed by atoms with Crippen LogP contribution in [0.1, 0.15) is 11.1 Å². The van der Waals surface area contributed by atoms with E-state index in [0.29, 0.717) is 0 Å². The predicted octanol–water partition coefficient (Wildman–Crippen LogP) is 4.26. The average molecular weight is 439 g/mol. The molecule has 19 heavy (non-hydrogen) atoms. The molecule has 11 heteroatoms. The zero-order valence-electron chi connectivity index (χ0n) is 8.40. The highest BCUT2D eigenvalue weighted by Gasteiger charge is 2.42. The first kappa shape index (κ1) is 16.8. The molecular weight excluding hydrogens is 436 g/mol. The molecule has 0 bridgehead atoms. The van der Waals surface area contributed by atoms with Gasteiger partial charge in [-0.3, -0.25) is 0 Å². The Morgan fingerprint density at radius 2 is 1.47 bits per heavy atom. The minimum atomic E-state index is -5.14. The van der Waals surface area contributed by atoms with Crippen LogP contribution in [0.4, 0.5) is 26.3 Å². The Kier molecular flexibility index (Phi) is 4.38. The van der Waals surface area contributed by atoms with E-state index in [4.69, 9.17) is 10.7 Å². The second-order valence-electron chi connectivity index (χ2n) is 3.26. The van der Waals surface area contributed by atoms with Crippen LogP contribution in [0.2, 0.25) is 0 Å². The van der Waals surface area contributed by atoms with Crippen molar-refractivity contribution in [2.45, 2.75) is 17.2 Å². The Balaban J connectivity index is 3.79. The maximum atomic E-state index is 12.7. The largest absolute Gasteiger partial charge is 0.418 e. The number of hydrogen-bond acceptors (Lipinski definition) is 2. The van der Waals surface area contributed by atoms with Gasteiger partial charge in [0.1, 0.15) is 0 Å². The van der Waals surface area contributed by atoms with Crippen LogP contribution in [0.15, 0.2) is 17.0 Å². The van der Waals surface area contributed by atoms with Gasteiger partial charge >= 0.3 is 12.4 Å². The summed E-state index contributed by atoms with van der Waals surface area (Å²) in [4.78, 5) is -1.61. The lowest BCUT2D eigenvalue weighted by molar-refractivity contribution is -0.143. The Labute approximate surface area is 121 Å². The van der Waals surface area contributed by atoms with Crippen LogP contribution in [0.5, 0.6) is 0 Å². The second kappa shape index (κ2) is 4.95. The summed E-state index contributed by atoms with van der Waals surface area (Å²) in [5, 5.41) is 0. The Morgan fingerprint density at radius 1 is 1.00 bits per heavy atom. The van der Waals surface area contributed by atoms with Crippen LogP contribution in [-0.4, -0.2) is 8.42 Å². The molecule has 108 valence electrons. The van der Waals surface area contributed by atoms with Gasteiger partial charge in [-0.05, 0) is 34.7 Å². The quantitative estimate of drug-likeness (QED) is 0.373. The van der Waals surface area contributed by atoms with E-state index in [1.54, 1.807) is 0 Å². The van der Waals surface area contributed by atoms with Gasteiger partial charge in [0.15, 0.2) is 0 Å². The van der Waals surface area contributed by atoms with Crippen LogP contribution in [0, 0.1) is 3.57 Å². The van der Waals surface area contributed by atoms with Crippen molar-refractivity contribution in [3.63, 3.8) is 0 Å². The fourth-order valence-electron chi connectivity index (χ4n) is 1.21. The van der Waals surface area contributed by atoms with E-state index in [1.165, 1.54) is 0 Å². The summed E-state index contributed by atoms with van der Waals surface area (Å²) in [6, 6.07) is 0.0717. The smallest absolute Gasteiger partial charge is 0.207 e. The lowest BCUT2D eigenvalue weighted by Crippen LogP contribution is -2.16. The van der Waals surface area contributed by atoms with Crippen molar-refractivity contribution in [1.29, 1.82) is 0 Å². The molecule has 1 aromatic carbocycles. The molecule has 0 fully saturated rings. The van der Waals surface area contributed by atoms with E-state index in [2.05, 4.69) is 0 Å². The van der Waals surface area contributed by atoms with Crippen LogP contribution < -0.4 is 0 Å². The molecule has 1 rings (SSSR count). The van der Waals surface area contributed by atoms with E-state index in [9.17, 15) is 34.8 Å². The average Bonchev–Trinajstić information content (AvgIpc) is 2.11. The minimum Gasteiger partial charge on any atom is -0.207 e. The van der Waals surface area contributed by atoms with E-state index in [0.717, 1.165) is 22.6 Å². The molecule has 2 nitrogen and oxygen atoms in total. The van der Waals surface area contributed by atoms with E-state index >= 15 is 0 Å². The topological polar surface area (TPSA) is 34.1 Å². The molecule has 0 unspecified atom stereocenters. The molecule has 0 aliphatic rings. The van der Waals surface area contributed by atoms with Gasteiger partial charge in [-0.2, -0.15) is 26.3 Å². The predicted molar refractivity (Wildman–Crippen MR) is 62.2 cm³/mol. The molecule has 0 amide bonds. The number of halogens is 8. The molecule has 1 aromatic rings. The zero-order chi connectivity index (χ0) is 15.2. The maximum Gasteiger partial charge on any atom is 0.418 e. The summed E-state index contributed by atoms with van der Waals surface area (Å²) in [7, 11) is -0.209. The lowest BCUT2D eigenvalue weighted by Gasteiger charge is -2.16. The fraction of sp³-hybridized carbons (Fsp3) is 0.250.